The van der Waals surface area contributed by atoms with E-state index in [0.29, 0.717) is 23.3 Å². The van der Waals surface area contributed by atoms with Crippen LogP contribution in [0.4, 0.5) is 13.2 Å². The molecule has 0 aliphatic carbocycles. The van der Waals surface area contributed by atoms with E-state index in [9.17, 15) is 18.0 Å². The van der Waals surface area contributed by atoms with E-state index < -0.39 is 29.0 Å². The van der Waals surface area contributed by atoms with Crippen molar-refractivity contribution in [1.82, 2.24) is 15.6 Å². The second kappa shape index (κ2) is 8.01. The van der Waals surface area contributed by atoms with E-state index >= 15 is 0 Å². The summed E-state index contributed by atoms with van der Waals surface area (Å²) in [5.41, 5.74) is 2.13. The Kier molecular flexibility index (Phi) is 5.39. The van der Waals surface area contributed by atoms with Gasteiger partial charge in [-0.1, -0.05) is 25.1 Å². The van der Waals surface area contributed by atoms with Gasteiger partial charge in [-0.2, -0.15) is 18.3 Å². The zero-order valence-electron chi connectivity index (χ0n) is 20.8. The molecule has 2 N–H and O–H groups in total. The number of azo groups is 1. The number of carbonyl (C=O) groups is 1. The van der Waals surface area contributed by atoms with E-state index in [0.717, 1.165) is 22.4 Å². The summed E-state index contributed by atoms with van der Waals surface area (Å²) in [4.78, 5) is 17.9. The summed E-state index contributed by atoms with van der Waals surface area (Å²) in [6.45, 7) is 9.43. The third-order valence-corrected chi connectivity index (χ3v) is 7.30. The molecule has 1 unspecified atom stereocenters. The number of fused-ring (bicyclic) bond motifs is 1. The summed E-state index contributed by atoms with van der Waals surface area (Å²) in [6.07, 6.45) is -3.25. The molecule has 36 heavy (non-hydrogen) atoms. The zero-order chi connectivity index (χ0) is 26.0. The maximum atomic E-state index is 14.2. The van der Waals surface area contributed by atoms with Crippen LogP contribution in [0.1, 0.15) is 50.4 Å². The van der Waals surface area contributed by atoms with Gasteiger partial charge >= 0.3 is 6.18 Å². The van der Waals surface area contributed by atoms with Crippen LogP contribution in [0.15, 0.2) is 69.3 Å². The van der Waals surface area contributed by atoms with Gasteiger partial charge in [0.1, 0.15) is 0 Å². The van der Waals surface area contributed by atoms with Gasteiger partial charge in [0.25, 0.3) is 5.91 Å². The van der Waals surface area contributed by atoms with Crippen LogP contribution in [0.3, 0.4) is 0 Å². The lowest BCUT2D eigenvalue weighted by atomic mass is 9.61. The van der Waals surface area contributed by atoms with Crippen molar-refractivity contribution >= 4 is 5.91 Å². The van der Waals surface area contributed by atoms with E-state index in [4.69, 9.17) is 0 Å². The lowest BCUT2D eigenvalue weighted by Gasteiger charge is -2.48. The van der Waals surface area contributed by atoms with E-state index in [1.165, 1.54) is 0 Å². The molecule has 0 fully saturated rings. The minimum atomic E-state index is -4.71. The molecule has 0 saturated heterocycles. The van der Waals surface area contributed by atoms with Crippen LogP contribution >= 0.6 is 0 Å². The SMILES string of the molecule is CC[C@@]1(c2cccc(-c3cc(C)ncc3C)c2)C2=C(CC(C)(C)NC2=O)NC2N=NC(C(F)(F)F)=C21. The molecule has 0 saturated carbocycles. The lowest BCUT2D eigenvalue weighted by Crippen LogP contribution is -2.58. The lowest BCUT2D eigenvalue weighted by molar-refractivity contribution is -0.120. The summed E-state index contributed by atoms with van der Waals surface area (Å²) < 4.78 is 42.7. The number of alkyl halides is 3. The fourth-order valence-corrected chi connectivity index (χ4v) is 5.82. The van der Waals surface area contributed by atoms with Crippen molar-refractivity contribution in [1.29, 1.82) is 0 Å². The minimum absolute atomic E-state index is 0.0223. The number of aromatic nitrogens is 1. The standard InChI is InChI=1S/C27H28F3N5O/c1-6-26(17-9-7-8-16(11-17)18-10-15(3)31-13-14(18)2)20-19(12-25(4,5)33-24(20)36)32-23-21(26)22(34-35-23)27(28,29)30/h7-11,13,23,32H,6,12H2,1-5H3,(H,33,36)/t23?,26-/m1/s1. The number of rotatable bonds is 3. The van der Waals surface area contributed by atoms with Crippen molar-refractivity contribution < 1.29 is 18.0 Å². The smallest absolute Gasteiger partial charge is 0.362 e. The fraction of sp³-hybridized carbons (Fsp3) is 0.407. The molecular weight excluding hydrogens is 467 g/mol. The summed E-state index contributed by atoms with van der Waals surface area (Å²) in [6, 6.07) is 9.41. The number of benzene rings is 1. The first-order chi connectivity index (χ1) is 16.9. The van der Waals surface area contributed by atoms with Gasteiger partial charge in [0, 0.05) is 35.1 Å². The molecule has 4 heterocycles. The third kappa shape index (κ3) is 3.63. The largest absolute Gasteiger partial charge is 0.435 e. The Bertz CT molecular complexity index is 1370. The highest BCUT2D eigenvalue weighted by atomic mass is 19.4. The van der Waals surface area contributed by atoms with Gasteiger partial charge in [0.15, 0.2) is 11.9 Å². The zero-order valence-corrected chi connectivity index (χ0v) is 20.8. The van der Waals surface area contributed by atoms with Crippen molar-refractivity contribution in [2.24, 2.45) is 10.2 Å². The van der Waals surface area contributed by atoms with E-state index in [1.54, 1.807) is 12.3 Å². The molecule has 2 atom stereocenters. The normalized spacial score (nSPS) is 24.9. The van der Waals surface area contributed by atoms with Gasteiger partial charge in [-0.05, 0) is 68.5 Å². The van der Waals surface area contributed by atoms with Crippen molar-refractivity contribution in [2.75, 3.05) is 0 Å². The Balaban J connectivity index is 1.83. The minimum Gasteiger partial charge on any atom is -0.362 e. The second-order valence-corrected chi connectivity index (χ2v) is 10.4. The number of aryl methyl sites for hydroxylation is 2. The first kappa shape index (κ1) is 24.2. The van der Waals surface area contributed by atoms with Gasteiger partial charge in [0.05, 0.1) is 11.0 Å². The van der Waals surface area contributed by atoms with Crippen LogP contribution in [0.2, 0.25) is 0 Å². The Morgan fingerprint density at radius 3 is 2.61 bits per heavy atom. The number of amides is 1. The van der Waals surface area contributed by atoms with Crippen LogP contribution in [-0.4, -0.2) is 28.8 Å². The maximum Gasteiger partial charge on any atom is 0.435 e. The fourth-order valence-electron chi connectivity index (χ4n) is 5.82. The molecule has 0 radical (unpaired) electrons. The van der Waals surface area contributed by atoms with Gasteiger partial charge in [-0.3, -0.25) is 9.78 Å². The molecule has 9 heteroatoms. The first-order valence-electron chi connectivity index (χ1n) is 12.0. The Hall–Kier alpha value is -3.49. The molecule has 1 amide bonds. The number of allylic oxidation sites excluding steroid dienone is 1. The molecule has 188 valence electrons. The molecule has 0 spiro atoms. The highest BCUT2D eigenvalue weighted by Gasteiger charge is 2.57. The van der Waals surface area contributed by atoms with Crippen molar-refractivity contribution in [3.8, 4) is 11.1 Å². The molecule has 6 nitrogen and oxygen atoms in total. The monoisotopic (exact) mass is 495 g/mol. The van der Waals surface area contributed by atoms with E-state index in [1.807, 2.05) is 58.9 Å². The number of halogens is 3. The quantitative estimate of drug-likeness (QED) is 0.567. The molecule has 3 aliphatic heterocycles. The van der Waals surface area contributed by atoms with Gasteiger partial charge < -0.3 is 10.6 Å². The van der Waals surface area contributed by atoms with Crippen molar-refractivity contribution in [3.05, 3.63) is 75.9 Å². The predicted molar refractivity (Wildman–Crippen MR) is 130 cm³/mol. The molecule has 5 rings (SSSR count). The number of hydrogen-bond acceptors (Lipinski definition) is 5. The van der Waals surface area contributed by atoms with Gasteiger partial charge in [0.2, 0.25) is 0 Å². The summed E-state index contributed by atoms with van der Waals surface area (Å²) in [5, 5.41) is 13.7. The summed E-state index contributed by atoms with van der Waals surface area (Å²) in [5.74, 6) is -0.378. The average Bonchev–Trinajstić information content (AvgIpc) is 3.23. The van der Waals surface area contributed by atoms with Crippen LogP contribution in [-0.2, 0) is 10.2 Å². The third-order valence-electron chi connectivity index (χ3n) is 7.30. The molecule has 3 aliphatic rings. The number of nitrogens with one attached hydrogen (secondary N) is 2. The van der Waals surface area contributed by atoms with Crippen LogP contribution in [0, 0.1) is 13.8 Å². The number of carbonyl (C=O) groups excluding carboxylic acids is 1. The number of pyridine rings is 1. The molecule has 1 aromatic heterocycles. The van der Waals surface area contributed by atoms with Crippen LogP contribution in [0.5, 0.6) is 0 Å². The van der Waals surface area contributed by atoms with E-state index in [-0.39, 0.29) is 17.9 Å². The molecule has 0 bridgehead atoms. The predicted octanol–water partition coefficient (Wildman–Crippen LogP) is 5.78. The number of hydrogen-bond donors (Lipinski definition) is 2. The maximum absolute atomic E-state index is 14.2. The molecule has 1 aromatic carbocycles. The van der Waals surface area contributed by atoms with Crippen LogP contribution in [0.25, 0.3) is 11.1 Å². The van der Waals surface area contributed by atoms with Crippen molar-refractivity contribution in [3.63, 3.8) is 0 Å². The second-order valence-electron chi connectivity index (χ2n) is 10.4. The molecular formula is C27H28F3N5O. The van der Waals surface area contributed by atoms with Crippen LogP contribution < -0.4 is 10.6 Å². The summed E-state index contributed by atoms with van der Waals surface area (Å²) >= 11 is 0. The highest BCUT2D eigenvalue weighted by molar-refractivity contribution is 6.00. The Labute approximate surface area is 207 Å². The van der Waals surface area contributed by atoms with Gasteiger partial charge in [-0.15, -0.1) is 5.11 Å². The first-order valence-corrected chi connectivity index (χ1v) is 12.0. The topological polar surface area (TPSA) is 78.7 Å². The number of nitrogens with zero attached hydrogens (tertiary/aromatic N) is 3. The Morgan fingerprint density at radius 1 is 1.17 bits per heavy atom. The van der Waals surface area contributed by atoms with Crippen molar-refractivity contribution in [2.45, 2.75) is 70.8 Å². The summed E-state index contributed by atoms with van der Waals surface area (Å²) in [7, 11) is 0. The van der Waals surface area contributed by atoms with Gasteiger partial charge in [-0.25, -0.2) is 0 Å². The Morgan fingerprint density at radius 2 is 1.92 bits per heavy atom. The molecule has 2 aromatic rings. The average molecular weight is 496 g/mol. The highest BCUT2D eigenvalue weighted by Crippen LogP contribution is 2.55. The van der Waals surface area contributed by atoms with E-state index in [2.05, 4.69) is 25.8 Å².